The molecule has 2 fully saturated rings. The van der Waals surface area contributed by atoms with Crippen LogP contribution in [0.1, 0.15) is 32.1 Å². The number of hydrogen-bond donors (Lipinski definition) is 1. The van der Waals surface area contributed by atoms with Crippen molar-refractivity contribution in [3.05, 3.63) is 23.8 Å². The predicted molar refractivity (Wildman–Crippen MR) is 102 cm³/mol. The van der Waals surface area contributed by atoms with Gasteiger partial charge in [0.25, 0.3) is 0 Å². The Morgan fingerprint density at radius 3 is 2.46 bits per heavy atom. The van der Waals surface area contributed by atoms with E-state index in [1.165, 1.54) is 0 Å². The molecule has 1 amide bonds. The van der Waals surface area contributed by atoms with Gasteiger partial charge in [-0.1, -0.05) is 5.16 Å². The molecule has 1 saturated heterocycles. The molecule has 1 aromatic heterocycles. The highest BCUT2D eigenvalue weighted by Gasteiger charge is 2.26. The average Bonchev–Trinajstić information content (AvgIpc) is 3.10. The van der Waals surface area contributed by atoms with Gasteiger partial charge in [-0.3, -0.25) is 9.69 Å². The molecule has 0 spiro atoms. The van der Waals surface area contributed by atoms with Crippen molar-refractivity contribution >= 4 is 22.7 Å². The van der Waals surface area contributed by atoms with Crippen LogP contribution in [-0.2, 0) is 4.79 Å². The summed E-state index contributed by atoms with van der Waals surface area (Å²) < 4.78 is 32.1. The monoisotopic (exact) mass is 392 g/mol. The van der Waals surface area contributed by atoms with Crippen LogP contribution in [0.25, 0.3) is 11.0 Å². The van der Waals surface area contributed by atoms with E-state index in [-0.39, 0.29) is 17.4 Å². The molecule has 28 heavy (non-hydrogen) atoms. The predicted octanol–water partition coefficient (Wildman–Crippen LogP) is 2.91. The molecule has 0 radical (unpaired) electrons. The molecule has 2 N–H and O–H groups in total. The van der Waals surface area contributed by atoms with Gasteiger partial charge in [-0.25, -0.2) is 8.78 Å². The highest BCUT2D eigenvalue weighted by molar-refractivity contribution is 5.88. The summed E-state index contributed by atoms with van der Waals surface area (Å²) in [5.74, 6) is -0.649. The van der Waals surface area contributed by atoms with Crippen LogP contribution in [0.3, 0.4) is 0 Å². The molecular weight excluding hydrogens is 366 g/mol. The summed E-state index contributed by atoms with van der Waals surface area (Å²) in [6.07, 6.45) is 5.15. The molecule has 2 aromatic rings. The Labute approximate surface area is 162 Å². The van der Waals surface area contributed by atoms with Crippen LogP contribution in [0.2, 0.25) is 0 Å². The van der Waals surface area contributed by atoms with Crippen molar-refractivity contribution in [2.75, 3.05) is 37.6 Å². The van der Waals surface area contributed by atoms with E-state index in [0.29, 0.717) is 17.1 Å². The fraction of sp³-hybridized carbons (Fsp3) is 0.600. The van der Waals surface area contributed by atoms with E-state index < -0.39 is 11.6 Å². The van der Waals surface area contributed by atoms with Crippen molar-refractivity contribution < 1.29 is 18.1 Å². The van der Waals surface area contributed by atoms with E-state index in [0.717, 1.165) is 77.0 Å². The number of amides is 1. The van der Waals surface area contributed by atoms with Gasteiger partial charge in [-0.2, -0.15) is 0 Å². The van der Waals surface area contributed by atoms with Crippen LogP contribution in [0.4, 0.5) is 14.6 Å². The van der Waals surface area contributed by atoms with Crippen molar-refractivity contribution in [2.45, 2.75) is 32.1 Å². The highest BCUT2D eigenvalue weighted by atomic mass is 19.2. The molecule has 0 atom stereocenters. The lowest BCUT2D eigenvalue weighted by Gasteiger charge is -2.36. The van der Waals surface area contributed by atoms with Crippen molar-refractivity contribution in [3.63, 3.8) is 0 Å². The van der Waals surface area contributed by atoms with Gasteiger partial charge in [-0.05, 0) is 50.6 Å². The Morgan fingerprint density at radius 2 is 1.79 bits per heavy atom. The number of carbonyl (C=O) groups is 1. The maximum Gasteiger partial charge on any atom is 0.220 e. The largest absolute Gasteiger partial charge is 0.369 e. The molecule has 1 aromatic carbocycles. The first-order chi connectivity index (χ1) is 13.5. The number of fused-ring (bicyclic) bond motifs is 1. The molecule has 6 nitrogen and oxygen atoms in total. The number of nitrogens with two attached hydrogens (primary N) is 1. The Kier molecular flexibility index (Phi) is 5.48. The molecule has 1 aliphatic carbocycles. The molecule has 2 aliphatic rings. The zero-order valence-electron chi connectivity index (χ0n) is 15.9. The lowest BCUT2D eigenvalue weighted by Crippen LogP contribution is -2.47. The van der Waals surface area contributed by atoms with Gasteiger partial charge < -0.3 is 15.2 Å². The SMILES string of the molecule is NC(=O)C1CCC(CCN2CCN(c3noc4cc(F)c(F)cc34)CC2)CC1. The van der Waals surface area contributed by atoms with Crippen LogP contribution in [0.5, 0.6) is 0 Å². The topological polar surface area (TPSA) is 75.6 Å². The zero-order chi connectivity index (χ0) is 19.7. The first kappa shape index (κ1) is 19.1. The number of nitrogens with zero attached hydrogens (tertiary/aromatic N) is 3. The molecular formula is C20H26F2N4O2. The number of rotatable bonds is 5. The van der Waals surface area contributed by atoms with Crippen molar-refractivity contribution in [2.24, 2.45) is 17.6 Å². The lowest BCUT2D eigenvalue weighted by molar-refractivity contribution is -0.123. The highest BCUT2D eigenvalue weighted by Crippen LogP contribution is 2.31. The Hall–Kier alpha value is -2.22. The smallest absolute Gasteiger partial charge is 0.220 e. The fourth-order valence-electron chi connectivity index (χ4n) is 4.43. The maximum atomic E-state index is 13.6. The quantitative estimate of drug-likeness (QED) is 0.847. The van der Waals surface area contributed by atoms with Crippen LogP contribution < -0.4 is 10.6 Å². The number of aromatic nitrogens is 1. The van der Waals surface area contributed by atoms with Gasteiger partial charge in [0.05, 0.1) is 5.39 Å². The number of carbonyl (C=O) groups excluding carboxylic acids is 1. The molecule has 0 bridgehead atoms. The number of anilines is 1. The van der Waals surface area contributed by atoms with Crippen molar-refractivity contribution in [1.82, 2.24) is 10.1 Å². The summed E-state index contributed by atoms with van der Waals surface area (Å²) in [5, 5.41) is 4.54. The molecule has 152 valence electrons. The van der Waals surface area contributed by atoms with Gasteiger partial charge in [-0.15, -0.1) is 0 Å². The van der Waals surface area contributed by atoms with Crippen LogP contribution >= 0.6 is 0 Å². The Balaban J connectivity index is 1.27. The van der Waals surface area contributed by atoms with Crippen LogP contribution in [0.15, 0.2) is 16.7 Å². The van der Waals surface area contributed by atoms with E-state index in [2.05, 4.69) is 15.0 Å². The molecule has 4 rings (SSSR count). The second kappa shape index (κ2) is 8.03. The van der Waals surface area contributed by atoms with E-state index in [1.54, 1.807) is 0 Å². The van der Waals surface area contributed by atoms with Gasteiger partial charge in [0.15, 0.2) is 23.0 Å². The van der Waals surface area contributed by atoms with Crippen LogP contribution in [0, 0.1) is 23.5 Å². The normalized spacial score (nSPS) is 24.0. The third-order valence-electron chi connectivity index (χ3n) is 6.27. The van der Waals surface area contributed by atoms with Gasteiger partial charge in [0.1, 0.15) is 0 Å². The molecule has 2 heterocycles. The minimum atomic E-state index is -0.926. The first-order valence-electron chi connectivity index (χ1n) is 10.0. The summed E-state index contributed by atoms with van der Waals surface area (Å²) in [6, 6.07) is 2.20. The number of hydrogen-bond acceptors (Lipinski definition) is 5. The minimum absolute atomic E-state index is 0.0652. The lowest BCUT2D eigenvalue weighted by atomic mass is 9.80. The average molecular weight is 392 g/mol. The van der Waals surface area contributed by atoms with Gasteiger partial charge >= 0.3 is 0 Å². The maximum absolute atomic E-state index is 13.6. The molecule has 1 saturated carbocycles. The Morgan fingerprint density at radius 1 is 1.11 bits per heavy atom. The minimum Gasteiger partial charge on any atom is -0.369 e. The first-order valence-corrected chi connectivity index (χ1v) is 10.0. The second-order valence-electron chi connectivity index (χ2n) is 8.01. The van der Waals surface area contributed by atoms with E-state index in [9.17, 15) is 13.6 Å². The molecule has 1 aliphatic heterocycles. The fourth-order valence-corrected chi connectivity index (χ4v) is 4.43. The summed E-state index contributed by atoms with van der Waals surface area (Å²) in [4.78, 5) is 15.8. The molecule has 0 unspecified atom stereocenters. The summed E-state index contributed by atoms with van der Waals surface area (Å²) >= 11 is 0. The summed E-state index contributed by atoms with van der Waals surface area (Å²) in [7, 11) is 0. The van der Waals surface area contributed by atoms with Gasteiger partial charge in [0.2, 0.25) is 5.91 Å². The Bertz CT molecular complexity index is 840. The van der Waals surface area contributed by atoms with E-state index >= 15 is 0 Å². The number of primary amides is 1. The van der Waals surface area contributed by atoms with E-state index in [1.807, 2.05) is 0 Å². The summed E-state index contributed by atoms with van der Waals surface area (Å²) in [6.45, 7) is 4.38. The number of piperazine rings is 1. The second-order valence-corrected chi connectivity index (χ2v) is 8.01. The van der Waals surface area contributed by atoms with Gasteiger partial charge in [0, 0.05) is 38.2 Å². The number of halogens is 2. The van der Waals surface area contributed by atoms with Crippen LogP contribution in [-0.4, -0.2) is 48.7 Å². The van der Waals surface area contributed by atoms with Crippen molar-refractivity contribution in [3.8, 4) is 0 Å². The third kappa shape index (κ3) is 3.97. The standard InChI is InChI=1S/C20H26F2N4O2/c21-16-11-15-18(12-17(16)22)28-24-20(15)26-9-7-25(8-10-26)6-5-13-1-3-14(4-2-13)19(23)27/h11-14H,1-10H2,(H2,23,27). The van der Waals surface area contributed by atoms with E-state index in [4.69, 9.17) is 10.3 Å². The summed E-state index contributed by atoms with van der Waals surface area (Å²) in [5.41, 5.74) is 5.67. The number of benzene rings is 1. The van der Waals surface area contributed by atoms with Crippen molar-refractivity contribution in [1.29, 1.82) is 0 Å². The molecule has 8 heteroatoms. The zero-order valence-corrected chi connectivity index (χ0v) is 15.9. The third-order valence-corrected chi connectivity index (χ3v) is 6.27.